The topological polar surface area (TPSA) is 65.4 Å². The van der Waals surface area contributed by atoms with Gasteiger partial charge in [-0.05, 0) is 57.0 Å². The van der Waals surface area contributed by atoms with Crippen LogP contribution in [0.5, 0.6) is 11.5 Å². The Morgan fingerprint density at radius 2 is 1.93 bits per heavy atom. The van der Waals surface area contributed by atoms with Gasteiger partial charge in [0.1, 0.15) is 0 Å². The zero-order chi connectivity index (χ0) is 21.1. The first kappa shape index (κ1) is 21.0. The average molecular weight is 488 g/mol. The number of carbonyl (C=O) groups is 1. The molecule has 0 saturated carbocycles. The first-order valence-electron chi connectivity index (χ1n) is 9.64. The second-order valence-corrected chi connectivity index (χ2v) is 8.98. The highest BCUT2D eigenvalue weighted by Gasteiger charge is 2.28. The Kier molecular flexibility index (Phi) is 6.46. The van der Waals surface area contributed by atoms with E-state index in [0.29, 0.717) is 15.1 Å². The zero-order valence-corrected chi connectivity index (χ0v) is 18.9. The van der Waals surface area contributed by atoms with Gasteiger partial charge in [-0.15, -0.1) is 0 Å². The molecule has 156 valence electrons. The molecule has 0 atom stereocenters. The van der Waals surface area contributed by atoms with Crippen LogP contribution in [0.15, 0.2) is 56.8 Å². The van der Waals surface area contributed by atoms with E-state index in [0.717, 1.165) is 43.5 Å². The Hall–Kier alpha value is -2.29. The molecule has 6 nitrogen and oxygen atoms in total. The number of aromatic hydroxyl groups is 1. The van der Waals surface area contributed by atoms with Crippen molar-refractivity contribution in [3.8, 4) is 11.5 Å². The average Bonchev–Trinajstić information content (AvgIpc) is 3.12. The smallest absolute Gasteiger partial charge is 0.286 e. The number of phenols is 1. The molecule has 0 unspecified atom stereocenters. The summed E-state index contributed by atoms with van der Waals surface area (Å²) in [5, 5.41) is 10.7. The van der Waals surface area contributed by atoms with E-state index in [-0.39, 0.29) is 11.7 Å². The third kappa shape index (κ3) is 4.71. The number of nitrogens with zero attached hydrogens (tertiary/aromatic N) is 3. The van der Waals surface area contributed by atoms with Crippen molar-refractivity contribution in [3.63, 3.8) is 0 Å². The molecule has 8 heteroatoms. The van der Waals surface area contributed by atoms with Crippen LogP contribution in [0.1, 0.15) is 11.1 Å². The number of rotatable bonds is 4. The summed E-state index contributed by atoms with van der Waals surface area (Å²) < 4.78 is 5.70. The van der Waals surface area contributed by atoms with Crippen LogP contribution in [0, 0.1) is 0 Å². The van der Waals surface area contributed by atoms with Crippen molar-refractivity contribution in [1.29, 1.82) is 0 Å². The van der Waals surface area contributed by atoms with E-state index in [1.165, 1.54) is 24.4 Å². The molecule has 2 aliphatic rings. The van der Waals surface area contributed by atoms with Crippen molar-refractivity contribution < 1.29 is 14.6 Å². The largest absolute Gasteiger partial charge is 0.503 e. The number of methoxy groups -OCH3 is 1. The van der Waals surface area contributed by atoms with Crippen molar-refractivity contribution in [2.45, 2.75) is 6.54 Å². The number of carbonyl (C=O) groups excluding carboxylic acids is 1. The molecule has 2 aliphatic heterocycles. The standard InChI is InChI=1S/C22H22BrN3O3S/c1-29-18-12-16(11-17(23)20(18)27)13-19-21(28)24-22(30-19)26-9-7-25(8-10-26)14-15-5-3-2-4-6-15/h2-6,11-13,27H,7-10,14H2,1H3/b19-13+. The molecule has 1 fully saturated rings. The van der Waals surface area contributed by atoms with Crippen molar-refractivity contribution in [2.24, 2.45) is 4.99 Å². The summed E-state index contributed by atoms with van der Waals surface area (Å²) in [7, 11) is 1.49. The van der Waals surface area contributed by atoms with Gasteiger partial charge in [0.05, 0.1) is 16.5 Å². The Bertz CT molecular complexity index is 1000. The van der Waals surface area contributed by atoms with Gasteiger partial charge in [-0.1, -0.05) is 30.3 Å². The lowest BCUT2D eigenvalue weighted by molar-refractivity contribution is -0.113. The van der Waals surface area contributed by atoms with Crippen LogP contribution >= 0.6 is 27.7 Å². The number of thioether (sulfide) groups is 1. The van der Waals surface area contributed by atoms with Gasteiger partial charge in [0.25, 0.3) is 5.91 Å². The van der Waals surface area contributed by atoms with Crippen molar-refractivity contribution in [1.82, 2.24) is 9.80 Å². The van der Waals surface area contributed by atoms with Gasteiger partial charge in [0.15, 0.2) is 16.7 Å². The molecule has 2 aromatic rings. The molecule has 0 aromatic heterocycles. The van der Waals surface area contributed by atoms with Crippen molar-refractivity contribution >= 4 is 44.8 Å². The monoisotopic (exact) mass is 487 g/mol. The third-order valence-electron chi connectivity index (χ3n) is 5.07. The summed E-state index contributed by atoms with van der Waals surface area (Å²) >= 11 is 4.71. The van der Waals surface area contributed by atoms with E-state index >= 15 is 0 Å². The summed E-state index contributed by atoms with van der Waals surface area (Å²) in [6, 6.07) is 13.9. The number of hydrogen-bond donors (Lipinski definition) is 1. The molecular formula is C22H22BrN3O3S. The van der Waals surface area contributed by atoms with Gasteiger partial charge in [-0.3, -0.25) is 9.69 Å². The number of halogens is 1. The number of piperazine rings is 1. The van der Waals surface area contributed by atoms with Gasteiger partial charge < -0.3 is 14.7 Å². The summed E-state index contributed by atoms with van der Waals surface area (Å²) in [4.78, 5) is 21.9. The molecule has 1 saturated heterocycles. The van der Waals surface area contributed by atoms with Gasteiger partial charge in [-0.2, -0.15) is 4.99 Å². The molecule has 2 aromatic carbocycles. The minimum atomic E-state index is -0.232. The van der Waals surface area contributed by atoms with E-state index in [1.807, 2.05) is 6.07 Å². The Morgan fingerprint density at radius 1 is 1.20 bits per heavy atom. The molecule has 0 bridgehead atoms. The van der Waals surface area contributed by atoms with Gasteiger partial charge in [-0.25, -0.2) is 0 Å². The van der Waals surface area contributed by atoms with Crippen molar-refractivity contribution in [2.75, 3.05) is 33.3 Å². The third-order valence-corrected chi connectivity index (χ3v) is 6.72. The van der Waals surface area contributed by atoms with E-state index in [2.05, 4.69) is 55.0 Å². The molecule has 2 heterocycles. The second-order valence-electron chi connectivity index (χ2n) is 7.11. The maximum Gasteiger partial charge on any atom is 0.286 e. The van der Waals surface area contributed by atoms with Gasteiger partial charge in [0, 0.05) is 32.7 Å². The lowest BCUT2D eigenvalue weighted by Crippen LogP contribution is -2.47. The van der Waals surface area contributed by atoms with Crippen molar-refractivity contribution in [3.05, 3.63) is 63.0 Å². The summed E-state index contributed by atoms with van der Waals surface area (Å²) in [5.41, 5.74) is 2.07. The number of amides is 1. The fourth-order valence-electron chi connectivity index (χ4n) is 3.46. The maximum atomic E-state index is 12.4. The van der Waals surface area contributed by atoms with E-state index in [1.54, 1.807) is 18.2 Å². The number of aliphatic imine (C=N–C) groups is 1. The van der Waals surface area contributed by atoms with E-state index < -0.39 is 0 Å². The van der Waals surface area contributed by atoms with Crippen LogP contribution in [0.4, 0.5) is 0 Å². The molecule has 0 spiro atoms. The molecule has 4 rings (SSSR count). The predicted molar refractivity (Wildman–Crippen MR) is 124 cm³/mol. The van der Waals surface area contributed by atoms with Gasteiger partial charge in [0.2, 0.25) is 0 Å². The molecule has 0 radical (unpaired) electrons. The number of phenolic OH excluding ortho intramolecular Hbond substituents is 1. The lowest BCUT2D eigenvalue weighted by Gasteiger charge is -2.35. The summed E-state index contributed by atoms with van der Waals surface area (Å²) in [6.45, 7) is 4.50. The molecule has 0 aliphatic carbocycles. The molecule has 1 amide bonds. The Labute approximate surface area is 188 Å². The lowest BCUT2D eigenvalue weighted by atomic mass is 10.2. The summed E-state index contributed by atoms with van der Waals surface area (Å²) in [5.74, 6) is 0.155. The Morgan fingerprint density at radius 3 is 2.63 bits per heavy atom. The highest BCUT2D eigenvalue weighted by Crippen LogP contribution is 2.37. The zero-order valence-electron chi connectivity index (χ0n) is 16.5. The quantitative estimate of drug-likeness (QED) is 0.658. The fourth-order valence-corrected chi connectivity index (χ4v) is 4.88. The first-order chi connectivity index (χ1) is 14.5. The minimum absolute atomic E-state index is 0.0374. The summed E-state index contributed by atoms with van der Waals surface area (Å²) in [6.07, 6.45) is 1.78. The molecule has 30 heavy (non-hydrogen) atoms. The van der Waals surface area contributed by atoms with Crippen LogP contribution in [0.2, 0.25) is 0 Å². The normalized spacial score (nSPS) is 18.7. The first-order valence-corrected chi connectivity index (χ1v) is 11.2. The highest BCUT2D eigenvalue weighted by molar-refractivity contribution is 9.10. The fraction of sp³-hybridized carbons (Fsp3) is 0.273. The van der Waals surface area contributed by atoms with Crippen LogP contribution in [-0.2, 0) is 11.3 Å². The number of amidine groups is 1. The van der Waals surface area contributed by atoms with Crippen LogP contribution in [0.3, 0.4) is 0 Å². The highest BCUT2D eigenvalue weighted by atomic mass is 79.9. The number of benzene rings is 2. The van der Waals surface area contributed by atoms with Crippen LogP contribution in [0.25, 0.3) is 6.08 Å². The molecular weight excluding hydrogens is 466 g/mol. The van der Waals surface area contributed by atoms with Crippen LogP contribution < -0.4 is 4.74 Å². The predicted octanol–water partition coefficient (Wildman–Crippen LogP) is 3.95. The Balaban J connectivity index is 1.39. The van der Waals surface area contributed by atoms with E-state index in [9.17, 15) is 9.90 Å². The van der Waals surface area contributed by atoms with E-state index in [4.69, 9.17) is 4.74 Å². The maximum absolute atomic E-state index is 12.4. The number of hydrogen-bond acceptors (Lipinski definition) is 6. The van der Waals surface area contributed by atoms with Gasteiger partial charge >= 0.3 is 0 Å². The van der Waals surface area contributed by atoms with Crippen LogP contribution in [-0.4, -0.2) is 59.3 Å². The second kappa shape index (κ2) is 9.24. The minimum Gasteiger partial charge on any atom is -0.503 e. The number of ether oxygens (including phenoxy) is 1. The molecule has 1 N–H and O–H groups in total. The SMILES string of the molecule is COc1cc(/C=C2/SC(N3CCN(Cc4ccccc4)CC3)=NC2=O)cc(Br)c1O.